The number of hydrogen-bond donors (Lipinski definition) is 1. The maximum Gasteiger partial charge on any atom is 0.0375 e. The van der Waals surface area contributed by atoms with Gasteiger partial charge in [0.25, 0.3) is 0 Å². The highest BCUT2D eigenvalue weighted by atomic mass is 15.1. The van der Waals surface area contributed by atoms with Crippen LogP contribution < -0.4 is 5.32 Å². The summed E-state index contributed by atoms with van der Waals surface area (Å²) >= 11 is 0. The Morgan fingerprint density at radius 2 is 2.21 bits per heavy atom. The summed E-state index contributed by atoms with van der Waals surface area (Å²) < 4.78 is 0. The number of nitrogens with zero attached hydrogens (tertiary/aromatic N) is 1. The molecule has 104 valence electrons. The third-order valence-electron chi connectivity index (χ3n) is 4.12. The van der Waals surface area contributed by atoms with E-state index in [-0.39, 0.29) is 0 Å². The Hall–Kier alpha value is -1.28. The van der Waals surface area contributed by atoms with Crippen molar-refractivity contribution in [3.63, 3.8) is 0 Å². The first kappa shape index (κ1) is 14.1. The first-order valence-corrected chi connectivity index (χ1v) is 7.44. The zero-order valence-corrected chi connectivity index (χ0v) is 12.1. The van der Waals surface area contributed by atoms with Crippen LogP contribution in [0.1, 0.15) is 31.2 Å². The molecule has 0 saturated carbocycles. The number of likely N-dealkylation sites (tertiary alicyclic amines) is 1. The Morgan fingerprint density at radius 3 is 3.00 bits per heavy atom. The summed E-state index contributed by atoms with van der Waals surface area (Å²) in [5.74, 6) is 0. The van der Waals surface area contributed by atoms with Crippen LogP contribution in [0.25, 0.3) is 0 Å². The predicted molar refractivity (Wildman–Crippen MR) is 83.7 cm³/mol. The number of anilines is 1. The Balaban J connectivity index is 1.92. The summed E-state index contributed by atoms with van der Waals surface area (Å²) in [7, 11) is 2.27. The predicted octanol–water partition coefficient (Wildman–Crippen LogP) is 3.70. The summed E-state index contributed by atoms with van der Waals surface area (Å²) in [4.78, 5) is 2.53. The molecule has 2 nitrogen and oxygen atoms in total. The van der Waals surface area contributed by atoms with Gasteiger partial charge in [-0.3, -0.25) is 0 Å². The van der Waals surface area contributed by atoms with E-state index in [1.54, 1.807) is 0 Å². The zero-order valence-electron chi connectivity index (χ0n) is 12.1. The normalized spacial score (nSPS) is 20.2. The molecule has 0 aliphatic carbocycles. The average molecular weight is 258 g/mol. The van der Waals surface area contributed by atoms with E-state index in [0.29, 0.717) is 0 Å². The van der Waals surface area contributed by atoms with Crippen LogP contribution in [0.15, 0.2) is 36.9 Å². The van der Waals surface area contributed by atoms with Crippen molar-refractivity contribution >= 4 is 5.69 Å². The fourth-order valence-corrected chi connectivity index (χ4v) is 2.92. The van der Waals surface area contributed by atoms with Crippen LogP contribution in [0.5, 0.6) is 0 Å². The second kappa shape index (κ2) is 7.34. The lowest BCUT2D eigenvalue weighted by atomic mass is 9.96. The Labute approximate surface area is 117 Å². The minimum absolute atomic E-state index is 0.765. The van der Waals surface area contributed by atoms with Crippen molar-refractivity contribution in [2.45, 2.75) is 38.1 Å². The standard InChI is InChI=1S/C17H26N2/c1-3-13-18-17-10-5-4-8-15(17)11-12-16-9-6-7-14-19(16)2/h3-5,8,10,16,18H,1,6-7,9,11-14H2,2H3. The molecule has 19 heavy (non-hydrogen) atoms. The van der Waals surface area contributed by atoms with Gasteiger partial charge in [0.05, 0.1) is 0 Å². The third kappa shape index (κ3) is 4.10. The van der Waals surface area contributed by atoms with Crippen molar-refractivity contribution in [1.82, 2.24) is 4.90 Å². The lowest BCUT2D eigenvalue weighted by Gasteiger charge is -2.32. The van der Waals surface area contributed by atoms with E-state index in [9.17, 15) is 0 Å². The number of nitrogens with one attached hydrogen (secondary N) is 1. The molecule has 1 atom stereocenters. The number of benzene rings is 1. The van der Waals surface area contributed by atoms with Crippen LogP contribution in [0.3, 0.4) is 0 Å². The molecule has 0 bridgehead atoms. The van der Waals surface area contributed by atoms with E-state index in [2.05, 4.69) is 48.1 Å². The molecule has 1 aromatic carbocycles. The molecule has 1 aliphatic heterocycles. The van der Waals surface area contributed by atoms with E-state index in [1.807, 2.05) is 6.08 Å². The molecule has 2 rings (SSSR count). The van der Waals surface area contributed by atoms with Crippen LogP contribution in [0.2, 0.25) is 0 Å². The summed E-state index contributed by atoms with van der Waals surface area (Å²) in [6.07, 6.45) is 8.46. The lowest BCUT2D eigenvalue weighted by Crippen LogP contribution is -2.36. The van der Waals surface area contributed by atoms with Crippen molar-refractivity contribution in [3.05, 3.63) is 42.5 Å². The fourth-order valence-electron chi connectivity index (χ4n) is 2.92. The first-order valence-electron chi connectivity index (χ1n) is 7.44. The van der Waals surface area contributed by atoms with Gasteiger partial charge in [-0.15, -0.1) is 6.58 Å². The van der Waals surface area contributed by atoms with Crippen molar-refractivity contribution in [2.24, 2.45) is 0 Å². The lowest BCUT2D eigenvalue weighted by molar-refractivity contribution is 0.176. The highest BCUT2D eigenvalue weighted by Gasteiger charge is 2.18. The molecule has 1 saturated heterocycles. The molecule has 1 aromatic rings. The zero-order chi connectivity index (χ0) is 13.5. The van der Waals surface area contributed by atoms with Crippen molar-refractivity contribution in [1.29, 1.82) is 0 Å². The minimum Gasteiger partial charge on any atom is -0.381 e. The van der Waals surface area contributed by atoms with Gasteiger partial charge >= 0.3 is 0 Å². The molecular weight excluding hydrogens is 232 g/mol. The molecule has 2 heteroatoms. The number of rotatable bonds is 6. The van der Waals surface area contributed by atoms with Crippen LogP contribution in [0.4, 0.5) is 5.69 Å². The molecule has 0 amide bonds. The maximum atomic E-state index is 3.77. The highest BCUT2D eigenvalue weighted by molar-refractivity contribution is 5.51. The van der Waals surface area contributed by atoms with Gasteiger partial charge in [-0.2, -0.15) is 0 Å². The van der Waals surface area contributed by atoms with E-state index < -0.39 is 0 Å². The summed E-state index contributed by atoms with van der Waals surface area (Å²) in [5, 5.41) is 3.43. The van der Waals surface area contributed by atoms with Gasteiger partial charge in [-0.05, 0) is 50.9 Å². The average Bonchev–Trinajstić information content (AvgIpc) is 2.45. The Bertz CT molecular complexity index is 400. The summed E-state index contributed by atoms with van der Waals surface area (Å²) in [6.45, 7) is 5.86. The smallest absolute Gasteiger partial charge is 0.0375 e. The van der Waals surface area contributed by atoms with Gasteiger partial charge in [-0.25, -0.2) is 0 Å². The molecule has 1 heterocycles. The van der Waals surface area contributed by atoms with E-state index in [1.165, 1.54) is 43.5 Å². The minimum atomic E-state index is 0.765. The second-order valence-corrected chi connectivity index (χ2v) is 5.50. The largest absolute Gasteiger partial charge is 0.381 e. The Kier molecular flexibility index (Phi) is 5.46. The monoisotopic (exact) mass is 258 g/mol. The molecule has 0 aromatic heterocycles. The van der Waals surface area contributed by atoms with E-state index in [4.69, 9.17) is 0 Å². The molecule has 0 spiro atoms. The molecular formula is C17H26N2. The quantitative estimate of drug-likeness (QED) is 0.783. The number of hydrogen-bond acceptors (Lipinski definition) is 2. The maximum absolute atomic E-state index is 3.77. The van der Waals surface area contributed by atoms with Crippen LogP contribution in [-0.2, 0) is 6.42 Å². The first-order chi connectivity index (χ1) is 9.31. The van der Waals surface area contributed by atoms with Crippen molar-refractivity contribution in [2.75, 3.05) is 25.5 Å². The fraction of sp³-hybridized carbons (Fsp3) is 0.529. The molecule has 0 radical (unpaired) electrons. The topological polar surface area (TPSA) is 15.3 Å². The second-order valence-electron chi connectivity index (χ2n) is 5.50. The number of piperidine rings is 1. The molecule has 1 unspecified atom stereocenters. The third-order valence-corrected chi connectivity index (χ3v) is 4.12. The van der Waals surface area contributed by atoms with Crippen molar-refractivity contribution < 1.29 is 0 Å². The van der Waals surface area contributed by atoms with Crippen LogP contribution >= 0.6 is 0 Å². The van der Waals surface area contributed by atoms with E-state index in [0.717, 1.165) is 19.0 Å². The van der Waals surface area contributed by atoms with E-state index >= 15 is 0 Å². The molecule has 1 aliphatic rings. The SMILES string of the molecule is C=CCNc1ccccc1CCC1CCCCN1C. The van der Waals surface area contributed by atoms with Gasteiger partial charge in [0.1, 0.15) is 0 Å². The molecule has 1 N–H and O–H groups in total. The number of aryl methyl sites for hydroxylation is 1. The summed E-state index contributed by atoms with van der Waals surface area (Å²) in [5.41, 5.74) is 2.70. The molecule has 1 fully saturated rings. The van der Waals surface area contributed by atoms with Crippen LogP contribution in [-0.4, -0.2) is 31.1 Å². The highest BCUT2D eigenvalue weighted by Crippen LogP contribution is 2.22. The van der Waals surface area contributed by atoms with Gasteiger partial charge in [0, 0.05) is 18.3 Å². The van der Waals surface area contributed by atoms with Crippen LogP contribution in [0, 0.1) is 0 Å². The number of para-hydroxylation sites is 1. The van der Waals surface area contributed by atoms with Gasteiger partial charge < -0.3 is 10.2 Å². The summed E-state index contributed by atoms with van der Waals surface area (Å²) in [6, 6.07) is 9.42. The van der Waals surface area contributed by atoms with Crippen molar-refractivity contribution in [3.8, 4) is 0 Å². The van der Waals surface area contributed by atoms with Gasteiger partial charge in [-0.1, -0.05) is 30.7 Å². The van der Waals surface area contributed by atoms with Gasteiger partial charge in [0.15, 0.2) is 0 Å². The van der Waals surface area contributed by atoms with Gasteiger partial charge in [0.2, 0.25) is 0 Å². The Morgan fingerprint density at radius 1 is 1.37 bits per heavy atom.